The molecule has 0 aliphatic carbocycles. The Hall–Kier alpha value is -1.68. The molecule has 0 atom stereocenters. The van der Waals surface area contributed by atoms with Crippen LogP contribution in [0.15, 0.2) is 29.1 Å². The molecule has 0 spiro atoms. The van der Waals surface area contributed by atoms with E-state index in [1.807, 2.05) is 24.3 Å². The van der Waals surface area contributed by atoms with E-state index in [-0.39, 0.29) is 5.69 Å². The van der Waals surface area contributed by atoms with Crippen molar-refractivity contribution in [3.63, 3.8) is 0 Å². The van der Waals surface area contributed by atoms with Gasteiger partial charge in [-0.15, -0.1) is 0 Å². The minimum Gasteiger partial charge on any atom is -0.309 e. The van der Waals surface area contributed by atoms with Gasteiger partial charge in [0.05, 0.1) is 5.52 Å². The summed E-state index contributed by atoms with van der Waals surface area (Å²) in [6.45, 7) is 7.32. The highest BCUT2D eigenvalue weighted by molar-refractivity contribution is 5.80. The molecule has 4 heteroatoms. The summed E-state index contributed by atoms with van der Waals surface area (Å²) in [6, 6.07) is 7.77. The highest BCUT2D eigenvalue weighted by Gasteiger charge is 2.06. The molecule has 0 unspecified atom stereocenters. The Morgan fingerprint density at radius 1 is 1.22 bits per heavy atom. The minimum atomic E-state index is -0.261. The molecule has 2 aromatic rings. The Labute approximate surface area is 107 Å². The molecular formula is C14H19N3O. The molecule has 0 saturated carbocycles. The smallest absolute Gasteiger partial charge is 0.309 e. The van der Waals surface area contributed by atoms with Gasteiger partial charge in [0, 0.05) is 24.0 Å². The SMILES string of the molecule is CCN(CC)CCc1[nH]c(=O)nc2ccccc12. The number of rotatable bonds is 5. The molecule has 18 heavy (non-hydrogen) atoms. The molecule has 0 fully saturated rings. The number of nitrogens with one attached hydrogen (secondary N) is 1. The molecule has 96 valence electrons. The second-order valence-electron chi connectivity index (χ2n) is 4.31. The second kappa shape index (κ2) is 5.78. The standard InChI is InChI=1S/C14H19N3O/c1-3-17(4-2)10-9-13-11-7-5-6-8-12(11)15-14(18)16-13/h5-8H,3-4,9-10H2,1-2H3,(H,15,16,18). The normalized spacial score (nSPS) is 11.3. The molecule has 0 saturated heterocycles. The molecular weight excluding hydrogens is 226 g/mol. The van der Waals surface area contributed by atoms with Crippen LogP contribution in [0.25, 0.3) is 10.9 Å². The molecule has 1 heterocycles. The highest BCUT2D eigenvalue weighted by atomic mass is 16.1. The van der Waals surface area contributed by atoms with E-state index in [0.717, 1.165) is 42.7 Å². The number of hydrogen-bond acceptors (Lipinski definition) is 3. The van der Waals surface area contributed by atoms with E-state index in [0.29, 0.717) is 0 Å². The average Bonchev–Trinajstić information content (AvgIpc) is 2.39. The van der Waals surface area contributed by atoms with Crippen molar-refractivity contribution < 1.29 is 0 Å². The predicted molar refractivity (Wildman–Crippen MR) is 73.9 cm³/mol. The van der Waals surface area contributed by atoms with Crippen molar-refractivity contribution in [2.45, 2.75) is 20.3 Å². The maximum atomic E-state index is 11.5. The number of H-pyrrole nitrogens is 1. The Balaban J connectivity index is 2.29. The molecule has 0 bridgehead atoms. The number of para-hydroxylation sites is 1. The van der Waals surface area contributed by atoms with E-state index in [2.05, 4.69) is 28.7 Å². The van der Waals surface area contributed by atoms with Gasteiger partial charge < -0.3 is 9.88 Å². The van der Waals surface area contributed by atoms with E-state index in [9.17, 15) is 4.79 Å². The summed E-state index contributed by atoms with van der Waals surface area (Å²) in [4.78, 5) is 20.7. The first kappa shape index (κ1) is 12.8. The number of nitrogens with zero attached hydrogens (tertiary/aromatic N) is 2. The van der Waals surface area contributed by atoms with Crippen LogP contribution in [0.4, 0.5) is 0 Å². The van der Waals surface area contributed by atoms with Gasteiger partial charge in [-0.3, -0.25) is 0 Å². The zero-order chi connectivity index (χ0) is 13.0. The molecule has 0 radical (unpaired) electrons. The van der Waals surface area contributed by atoms with Crippen LogP contribution >= 0.6 is 0 Å². The molecule has 1 aromatic heterocycles. The molecule has 1 N–H and O–H groups in total. The van der Waals surface area contributed by atoms with Gasteiger partial charge in [0.25, 0.3) is 0 Å². The van der Waals surface area contributed by atoms with Gasteiger partial charge in [-0.05, 0) is 19.2 Å². The number of hydrogen-bond donors (Lipinski definition) is 1. The largest absolute Gasteiger partial charge is 0.345 e. The van der Waals surface area contributed by atoms with E-state index in [4.69, 9.17) is 0 Å². The first-order valence-corrected chi connectivity index (χ1v) is 6.45. The van der Waals surface area contributed by atoms with Crippen LogP contribution < -0.4 is 5.69 Å². The maximum Gasteiger partial charge on any atom is 0.345 e. The Bertz CT molecular complexity index is 573. The summed E-state index contributed by atoms with van der Waals surface area (Å²) in [6.07, 6.45) is 0.847. The number of likely N-dealkylation sites (N-methyl/N-ethyl adjacent to an activating group) is 1. The van der Waals surface area contributed by atoms with Crippen molar-refractivity contribution in [1.29, 1.82) is 0 Å². The van der Waals surface area contributed by atoms with Crippen LogP contribution in [0, 0.1) is 0 Å². The quantitative estimate of drug-likeness (QED) is 0.874. The summed E-state index contributed by atoms with van der Waals surface area (Å²) in [5, 5.41) is 1.05. The minimum absolute atomic E-state index is 0.261. The lowest BCUT2D eigenvalue weighted by Crippen LogP contribution is -2.26. The van der Waals surface area contributed by atoms with Gasteiger partial charge >= 0.3 is 5.69 Å². The third-order valence-electron chi connectivity index (χ3n) is 3.28. The van der Waals surface area contributed by atoms with E-state index >= 15 is 0 Å². The zero-order valence-electron chi connectivity index (χ0n) is 10.9. The Morgan fingerprint density at radius 3 is 2.67 bits per heavy atom. The fourth-order valence-electron chi connectivity index (χ4n) is 2.17. The summed E-state index contributed by atoms with van der Waals surface area (Å²) < 4.78 is 0. The third-order valence-corrected chi connectivity index (χ3v) is 3.28. The Kier molecular flexibility index (Phi) is 4.10. The molecule has 0 amide bonds. The molecule has 0 aliphatic rings. The zero-order valence-corrected chi connectivity index (χ0v) is 10.9. The van der Waals surface area contributed by atoms with Crippen molar-refractivity contribution in [2.24, 2.45) is 0 Å². The number of aromatic nitrogens is 2. The van der Waals surface area contributed by atoms with E-state index in [1.165, 1.54) is 0 Å². The van der Waals surface area contributed by atoms with Crippen LogP contribution in [0.5, 0.6) is 0 Å². The van der Waals surface area contributed by atoms with Gasteiger partial charge in [0.1, 0.15) is 0 Å². The lowest BCUT2D eigenvalue weighted by Gasteiger charge is -2.17. The van der Waals surface area contributed by atoms with Crippen LogP contribution in [-0.4, -0.2) is 34.5 Å². The fraction of sp³-hybridized carbons (Fsp3) is 0.429. The molecule has 1 aromatic carbocycles. The van der Waals surface area contributed by atoms with Crippen molar-refractivity contribution in [2.75, 3.05) is 19.6 Å². The highest BCUT2D eigenvalue weighted by Crippen LogP contribution is 2.13. The molecule has 4 nitrogen and oxygen atoms in total. The molecule has 0 aliphatic heterocycles. The predicted octanol–water partition coefficient (Wildman–Crippen LogP) is 1.81. The maximum absolute atomic E-state index is 11.5. The number of fused-ring (bicyclic) bond motifs is 1. The van der Waals surface area contributed by atoms with Crippen LogP contribution in [-0.2, 0) is 6.42 Å². The summed E-state index contributed by atoms with van der Waals surface area (Å²) in [7, 11) is 0. The number of benzene rings is 1. The van der Waals surface area contributed by atoms with Gasteiger partial charge in [0.15, 0.2) is 0 Å². The fourth-order valence-corrected chi connectivity index (χ4v) is 2.17. The summed E-state index contributed by atoms with van der Waals surface area (Å²) in [5.74, 6) is 0. The van der Waals surface area contributed by atoms with Gasteiger partial charge in [0.2, 0.25) is 0 Å². The topological polar surface area (TPSA) is 49.0 Å². The number of aromatic amines is 1. The monoisotopic (exact) mass is 245 g/mol. The van der Waals surface area contributed by atoms with Gasteiger partial charge in [-0.2, -0.15) is 4.98 Å². The van der Waals surface area contributed by atoms with Crippen molar-refractivity contribution in [3.05, 3.63) is 40.4 Å². The molecule has 2 rings (SSSR count). The first-order chi connectivity index (χ1) is 8.74. The second-order valence-corrected chi connectivity index (χ2v) is 4.31. The first-order valence-electron chi connectivity index (χ1n) is 6.45. The van der Waals surface area contributed by atoms with Gasteiger partial charge in [-0.1, -0.05) is 32.0 Å². The van der Waals surface area contributed by atoms with Crippen molar-refractivity contribution in [1.82, 2.24) is 14.9 Å². The van der Waals surface area contributed by atoms with Gasteiger partial charge in [-0.25, -0.2) is 4.79 Å². The summed E-state index contributed by atoms with van der Waals surface area (Å²) in [5.41, 5.74) is 1.50. The lowest BCUT2D eigenvalue weighted by molar-refractivity contribution is 0.307. The van der Waals surface area contributed by atoms with Crippen molar-refractivity contribution in [3.8, 4) is 0 Å². The van der Waals surface area contributed by atoms with E-state index in [1.54, 1.807) is 0 Å². The van der Waals surface area contributed by atoms with Crippen LogP contribution in [0.1, 0.15) is 19.5 Å². The van der Waals surface area contributed by atoms with Crippen LogP contribution in [0.2, 0.25) is 0 Å². The van der Waals surface area contributed by atoms with E-state index < -0.39 is 0 Å². The average molecular weight is 245 g/mol. The van der Waals surface area contributed by atoms with Crippen LogP contribution in [0.3, 0.4) is 0 Å². The third kappa shape index (κ3) is 2.76. The lowest BCUT2D eigenvalue weighted by atomic mass is 10.1. The van der Waals surface area contributed by atoms with Crippen molar-refractivity contribution >= 4 is 10.9 Å². The summed E-state index contributed by atoms with van der Waals surface area (Å²) >= 11 is 0. The Morgan fingerprint density at radius 2 is 1.94 bits per heavy atom.